The van der Waals surface area contributed by atoms with Crippen molar-refractivity contribution in [2.45, 2.75) is 290 Å². The second kappa shape index (κ2) is 57.1. The number of ether oxygens (including phenoxy) is 2. The van der Waals surface area contributed by atoms with Crippen LogP contribution in [0, 0.1) is 0 Å². The smallest absolute Gasteiger partial charge is 0.462 e. The zero-order valence-corrected chi connectivity index (χ0v) is 51.1. The van der Waals surface area contributed by atoms with Gasteiger partial charge in [0.1, 0.15) is 19.8 Å². The first-order chi connectivity index (χ1) is 37.0. The molecule has 0 rings (SSSR count). The van der Waals surface area contributed by atoms with Gasteiger partial charge in [0.05, 0.1) is 27.7 Å². The maximum Gasteiger partial charge on any atom is 0.472 e. The molecule has 0 aromatic carbocycles. The number of hydrogen-bond donors (Lipinski definition) is 1. The number of carbonyl (C=O) groups excluding carboxylic acids is 2. The number of esters is 2. The van der Waals surface area contributed by atoms with E-state index >= 15 is 0 Å². The van der Waals surface area contributed by atoms with Crippen LogP contribution in [0.4, 0.5) is 0 Å². The predicted molar refractivity (Wildman–Crippen MR) is 326 cm³/mol. The second-order valence-electron chi connectivity index (χ2n) is 22.4. The van der Waals surface area contributed by atoms with Crippen LogP contribution in [-0.4, -0.2) is 74.9 Å². The number of rotatable bonds is 58. The SMILES string of the molecule is CC/C=C\C/C=C\C/C=C\C/C=C\C/C=C\CCCC(=O)OC(COC(=O)CCCCCCCCCCCCCCCCCCCCCCCCC/C=C\CCCCCCCCCC)COP(=O)(O)OCC[N+](C)(C)C. The van der Waals surface area contributed by atoms with Crippen molar-refractivity contribution < 1.29 is 42.1 Å². The van der Waals surface area contributed by atoms with Crippen LogP contribution in [0.3, 0.4) is 0 Å². The summed E-state index contributed by atoms with van der Waals surface area (Å²) in [6.07, 6.45) is 76.0. The van der Waals surface area contributed by atoms with Gasteiger partial charge in [-0.3, -0.25) is 18.6 Å². The van der Waals surface area contributed by atoms with Crippen LogP contribution in [-0.2, 0) is 32.7 Å². The molecular weight excluding hydrogens is 966 g/mol. The summed E-state index contributed by atoms with van der Waals surface area (Å²) < 4.78 is 34.5. The molecule has 0 radical (unpaired) electrons. The molecule has 10 heteroatoms. The average molecular weight is 1090 g/mol. The van der Waals surface area contributed by atoms with Gasteiger partial charge in [-0.2, -0.15) is 0 Å². The molecule has 0 saturated carbocycles. The summed E-state index contributed by atoms with van der Waals surface area (Å²) in [4.78, 5) is 35.7. The van der Waals surface area contributed by atoms with Crippen molar-refractivity contribution in [1.29, 1.82) is 0 Å². The Morgan fingerprint density at radius 2 is 0.763 bits per heavy atom. The molecule has 0 aliphatic heterocycles. The monoisotopic (exact) mass is 1090 g/mol. The molecule has 2 unspecified atom stereocenters. The second-order valence-corrected chi connectivity index (χ2v) is 23.9. The van der Waals surface area contributed by atoms with E-state index < -0.39 is 26.5 Å². The molecule has 1 N–H and O–H groups in total. The number of nitrogens with zero attached hydrogens (tertiary/aromatic N) is 1. The zero-order chi connectivity index (χ0) is 55.6. The first-order valence-electron chi connectivity index (χ1n) is 31.7. The molecule has 0 spiro atoms. The van der Waals surface area contributed by atoms with E-state index in [2.05, 4.69) is 86.8 Å². The van der Waals surface area contributed by atoms with Gasteiger partial charge in [0.2, 0.25) is 0 Å². The van der Waals surface area contributed by atoms with Crippen LogP contribution in [0.1, 0.15) is 284 Å². The van der Waals surface area contributed by atoms with Crippen LogP contribution in [0.5, 0.6) is 0 Å². The Morgan fingerprint density at radius 3 is 1.17 bits per heavy atom. The van der Waals surface area contributed by atoms with E-state index in [1.54, 1.807) is 0 Å². The van der Waals surface area contributed by atoms with Gasteiger partial charge in [-0.1, -0.05) is 267 Å². The molecule has 0 saturated heterocycles. The van der Waals surface area contributed by atoms with Crippen molar-refractivity contribution in [2.24, 2.45) is 0 Å². The predicted octanol–water partition coefficient (Wildman–Crippen LogP) is 20.0. The lowest BCUT2D eigenvalue weighted by Crippen LogP contribution is -2.37. The lowest BCUT2D eigenvalue weighted by atomic mass is 10.0. The summed E-state index contributed by atoms with van der Waals surface area (Å²) in [5.74, 6) is -0.859. The minimum atomic E-state index is -4.40. The van der Waals surface area contributed by atoms with Gasteiger partial charge in [-0.05, 0) is 77.0 Å². The lowest BCUT2D eigenvalue weighted by molar-refractivity contribution is -0.870. The summed E-state index contributed by atoms with van der Waals surface area (Å²) >= 11 is 0. The molecule has 0 fully saturated rings. The Hall–Kier alpha value is -2.55. The third kappa shape index (κ3) is 60.7. The highest BCUT2D eigenvalue weighted by molar-refractivity contribution is 7.47. The van der Waals surface area contributed by atoms with Gasteiger partial charge in [-0.15, -0.1) is 0 Å². The van der Waals surface area contributed by atoms with E-state index in [0.717, 1.165) is 51.4 Å². The molecule has 76 heavy (non-hydrogen) atoms. The third-order valence-corrected chi connectivity index (χ3v) is 14.7. The molecule has 0 aliphatic carbocycles. The minimum Gasteiger partial charge on any atom is -0.462 e. The van der Waals surface area contributed by atoms with E-state index in [0.29, 0.717) is 23.9 Å². The summed E-state index contributed by atoms with van der Waals surface area (Å²) in [5, 5.41) is 0. The van der Waals surface area contributed by atoms with Gasteiger partial charge in [0.25, 0.3) is 0 Å². The van der Waals surface area contributed by atoms with Crippen LogP contribution < -0.4 is 0 Å². The fourth-order valence-electron chi connectivity index (χ4n) is 8.87. The van der Waals surface area contributed by atoms with Gasteiger partial charge in [-0.25, -0.2) is 4.57 Å². The Morgan fingerprint density at radius 1 is 0.421 bits per heavy atom. The molecule has 0 aliphatic rings. The van der Waals surface area contributed by atoms with E-state index in [4.69, 9.17) is 18.5 Å². The highest BCUT2D eigenvalue weighted by Gasteiger charge is 2.27. The zero-order valence-electron chi connectivity index (χ0n) is 50.2. The molecule has 0 bridgehead atoms. The van der Waals surface area contributed by atoms with Crippen LogP contribution in [0.15, 0.2) is 72.9 Å². The number of allylic oxidation sites excluding steroid dienone is 12. The number of phosphoric ester groups is 1. The van der Waals surface area contributed by atoms with E-state index in [1.165, 1.54) is 193 Å². The van der Waals surface area contributed by atoms with Gasteiger partial charge in [0, 0.05) is 12.8 Å². The van der Waals surface area contributed by atoms with Crippen molar-refractivity contribution in [2.75, 3.05) is 47.5 Å². The maximum atomic E-state index is 12.8. The van der Waals surface area contributed by atoms with Gasteiger partial charge in [0.15, 0.2) is 6.10 Å². The Bertz CT molecular complexity index is 1510. The van der Waals surface area contributed by atoms with Crippen LogP contribution >= 0.6 is 7.82 Å². The van der Waals surface area contributed by atoms with E-state index in [1.807, 2.05) is 21.1 Å². The number of quaternary nitrogens is 1. The van der Waals surface area contributed by atoms with E-state index in [-0.39, 0.29) is 32.0 Å². The maximum absolute atomic E-state index is 12.8. The highest BCUT2D eigenvalue weighted by Crippen LogP contribution is 2.43. The third-order valence-electron chi connectivity index (χ3n) is 13.7. The molecule has 0 aromatic rings. The first-order valence-corrected chi connectivity index (χ1v) is 33.2. The largest absolute Gasteiger partial charge is 0.472 e. The quantitative estimate of drug-likeness (QED) is 0.0211. The highest BCUT2D eigenvalue weighted by atomic mass is 31.2. The molecule has 9 nitrogen and oxygen atoms in total. The van der Waals surface area contributed by atoms with Crippen molar-refractivity contribution in [1.82, 2.24) is 0 Å². The van der Waals surface area contributed by atoms with Crippen molar-refractivity contribution >= 4 is 19.8 Å². The molecule has 0 amide bonds. The average Bonchev–Trinajstić information content (AvgIpc) is 3.38. The topological polar surface area (TPSA) is 108 Å². The summed E-state index contributed by atoms with van der Waals surface area (Å²) in [5.41, 5.74) is 0. The van der Waals surface area contributed by atoms with Gasteiger partial charge >= 0.3 is 19.8 Å². The normalized spacial score (nSPS) is 13.7. The van der Waals surface area contributed by atoms with Crippen LogP contribution in [0.25, 0.3) is 0 Å². The summed E-state index contributed by atoms with van der Waals surface area (Å²) in [7, 11) is 1.44. The van der Waals surface area contributed by atoms with Crippen molar-refractivity contribution in [3.63, 3.8) is 0 Å². The summed E-state index contributed by atoms with van der Waals surface area (Å²) in [6, 6.07) is 0. The van der Waals surface area contributed by atoms with Crippen LogP contribution in [0.2, 0.25) is 0 Å². The lowest BCUT2D eigenvalue weighted by Gasteiger charge is -2.24. The van der Waals surface area contributed by atoms with Gasteiger partial charge < -0.3 is 18.9 Å². The number of hydrogen-bond acceptors (Lipinski definition) is 7. The summed E-state index contributed by atoms with van der Waals surface area (Å²) in [6.45, 7) is 4.27. The number of phosphoric acid groups is 1. The number of unbranched alkanes of at least 4 members (excludes halogenated alkanes) is 32. The molecule has 442 valence electrons. The first kappa shape index (κ1) is 73.5. The molecular formula is C66H121NO8P+. The number of carbonyl (C=O) groups is 2. The fraction of sp³-hybridized carbons (Fsp3) is 0.788. The molecule has 0 heterocycles. The Balaban J connectivity index is 4.00. The van der Waals surface area contributed by atoms with E-state index in [9.17, 15) is 19.0 Å². The number of likely N-dealkylation sites (N-methyl/N-ethyl adjacent to an activating group) is 1. The standard InChI is InChI=1S/C66H120NO8P/c1-6-8-10-12-14-16-18-20-22-24-25-26-27-28-29-30-31-32-33-34-35-36-37-38-39-40-41-43-44-46-48-50-52-54-56-58-65(68)72-62-64(63-74-76(70,71)73-61-60-67(3,4)5)75-66(69)59-57-55-53-51-49-47-45-42-23-21-19-17-15-13-11-9-7-2/h9,11,15,17,21,23-25,45,47,51,53,64H,6-8,10,12-14,16,18-20,22,26-44,46,48-50,52,54-63H2,1-5H3/p+1/b11-9-,17-15-,23-21-,25-24-,47-45-,53-51-. The Labute approximate surface area is 469 Å². The fourth-order valence-corrected chi connectivity index (χ4v) is 9.61. The van der Waals surface area contributed by atoms with Crippen molar-refractivity contribution in [3.8, 4) is 0 Å². The Kier molecular flexibility index (Phi) is 55.2. The minimum absolute atomic E-state index is 0.0193. The molecule has 2 atom stereocenters. The molecule has 0 aromatic heterocycles. The van der Waals surface area contributed by atoms with Crippen molar-refractivity contribution in [3.05, 3.63) is 72.9 Å².